The molecule has 0 radical (unpaired) electrons. The van der Waals surface area contributed by atoms with Crippen molar-refractivity contribution in [2.45, 2.75) is 0 Å². The number of halogens is 2. The van der Waals surface area contributed by atoms with Crippen molar-refractivity contribution in [2.24, 2.45) is 0 Å². The number of carbonyl (C=O) groups is 1. The fourth-order valence-electron chi connectivity index (χ4n) is 2.02. The molecule has 3 rings (SSSR count). The Morgan fingerprint density at radius 1 is 1.23 bits per heavy atom. The molecule has 0 atom stereocenters. The monoisotopic (exact) mass is 304 g/mol. The standard InChI is InChI=1S/C15H9F2NO4/c16-8-1-4-12(17)11(5-8)15-10-3-2-9(21-7-14(19)20)6-13(10)22-18-15/h1-6H,7H2,(H,19,20)/p-1. The summed E-state index contributed by atoms with van der Waals surface area (Å²) in [7, 11) is 0. The fourth-order valence-corrected chi connectivity index (χ4v) is 2.02. The number of ether oxygens (including phenoxy) is 1. The lowest BCUT2D eigenvalue weighted by Gasteiger charge is -2.06. The molecule has 2 aromatic carbocycles. The van der Waals surface area contributed by atoms with E-state index in [1.54, 1.807) is 0 Å². The van der Waals surface area contributed by atoms with Crippen molar-refractivity contribution < 1.29 is 27.9 Å². The van der Waals surface area contributed by atoms with Crippen LogP contribution in [0.5, 0.6) is 5.75 Å². The number of aromatic nitrogens is 1. The number of nitrogens with zero attached hydrogens (tertiary/aromatic N) is 1. The third-order valence-electron chi connectivity index (χ3n) is 2.98. The molecule has 0 unspecified atom stereocenters. The van der Waals surface area contributed by atoms with Gasteiger partial charge in [-0.05, 0) is 30.3 Å². The maximum absolute atomic E-state index is 13.8. The van der Waals surface area contributed by atoms with Gasteiger partial charge in [-0.15, -0.1) is 0 Å². The Morgan fingerprint density at radius 3 is 2.82 bits per heavy atom. The van der Waals surface area contributed by atoms with Crippen LogP contribution >= 0.6 is 0 Å². The second-order valence-corrected chi connectivity index (χ2v) is 4.47. The van der Waals surface area contributed by atoms with Gasteiger partial charge in [0.1, 0.15) is 29.7 Å². The van der Waals surface area contributed by atoms with Crippen LogP contribution in [0.3, 0.4) is 0 Å². The van der Waals surface area contributed by atoms with Crippen LogP contribution in [-0.2, 0) is 4.79 Å². The Hall–Kier alpha value is -2.96. The summed E-state index contributed by atoms with van der Waals surface area (Å²) < 4.78 is 37.1. The van der Waals surface area contributed by atoms with Crippen LogP contribution in [0.2, 0.25) is 0 Å². The molecule has 7 heteroatoms. The molecule has 0 fully saturated rings. The Bertz CT molecular complexity index is 860. The van der Waals surface area contributed by atoms with Gasteiger partial charge in [-0.3, -0.25) is 0 Å². The largest absolute Gasteiger partial charge is 0.546 e. The van der Waals surface area contributed by atoms with E-state index in [4.69, 9.17) is 9.26 Å². The van der Waals surface area contributed by atoms with Crippen LogP contribution < -0.4 is 9.84 Å². The topological polar surface area (TPSA) is 75.4 Å². The molecular weight excluding hydrogens is 296 g/mol. The summed E-state index contributed by atoms with van der Waals surface area (Å²) >= 11 is 0. The average Bonchev–Trinajstić information content (AvgIpc) is 2.90. The van der Waals surface area contributed by atoms with Gasteiger partial charge in [-0.25, -0.2) is 8.78 Å². The van der Waals surface area contributed by atoms with E-state index in [1.807, 2.05) is 0 Å². The van der Waals surface area contributed by atoms with Gasteiger partial charge in [0.05, 0.1) is 11.4 Å². The van der Waals surface area contributed by atoms with Crippen LogP contribution in [0.15, 0.2) is 40.9 Å². The highest BCUT2D eigenvalue weighted by Gasteiger charge is 2.15. The predicted octanol–water partition coefficient (Wildman–Crippen LogP) is 1.90. The van der Waals surface area contributed by atoms with Crippen LogP contribution in [-0.4, -0.2) is 17.7 Å². The number of hydrogen-bond donors (Lipinski definition) is 0. The molecule has 112 valence electrons. The van der Waals surface area contributed by atoms with E-state index >= 15 is 0 Å². The fraction of sp³-hybridized carbons (Fsp3) is 0.0667. The van der Waals surface area contributed by atoms with Crippen LogP contribution in [0, 0.1) is 11.6 Å². The summed E-state index contributed by atoms with van der Waals surface area (Å²) in [5.41, 5.74) is 0.384. The second-order valence-electron chi connectivity index (χ2n) is 4.47. The van der Waals surface area contributed by atoms with E-state index in [9.17, 15) is 18.7 Å². The molecule has 1 aromatic heterocycles. The molecule has 0 saturated carbocycles. The van der Waals surface area contributed by atoms with E-state index in [0.717, 1.165) is 18.2 Å². The van der Waals surface area contributed by atoms with Gasteiger partial charge in [0.15, 0.2) is 5.58 Å². The Kier molecular flexibility index (Phi) is 3.46. The number of carboxylic acids is 1. The molecule has 5 nitrogen and oxygen atoms in total. The maximum atomic E-state index is 13.8. The molecule has 0 bridgehead atoms. The smallest absolute Gasteiger partial charge is 0.171 e. The van der Waals surface area contributed by atoms with Crippen molar-refractivity contribution in [1.82, 2.24) is 5.16 Å². The molecule has 0 amide bonds. The zero-order valence-corrected chi connectivity index (χ0v) is 11.0. The van der Waals surface area contributed by atoms with Gasteiger partial charge >= 0.3 is 0 Å². The zero-order chi connectivity index (χ0) is 15.7. The molecule has 0 N–H and O–H groups in total. The number of carbonyl (C=O) groups excluding carboxylic acids is 1. The zero-order valence-electron chi connectivity index (χ0n) is 11.0. The van der Waals surface area contributed by atoms with Gasteiger partial charge in [-0.2, -0.15) is 0 Å². The van der Waals surface area contributed by atoms with E-state index in [1.165, 1.54) is 18.2 Å². The minimum Gasteiger partial charge on any atom is -0.546 e. The molecular formula is C15H8F2NO4-. The number of aliphatic carboxylic acids is 1. The van der Waals surface area contributed by atoms with Crippen molar-refractivity contribution in [3.63, 3.8) is 0 Å². The molecule has 0 aliphatic heterocycles. The molecule has 0 aliphatic carbocycles. The lowest BCUT2D eigenvalue weighted by Crippen LogP contribution is -2.28. The van der Waals surface area contributed by atoms with Crippen LogP contribution in [0.1, 0.15) is 0 Å². The van der Waals surface area contributed by atoms with Gasteiger partial charge < -0.3 is 19.2 Å². The number of carboxylic acid groups (broad SMARTS) is 1. The van der Waals surface area contributed by atoms with Crippen molar-refractivity contribution in [2.75, 3.05) is 6.61 Å². The highest BCUT2D eigenvalue weighted by atomic mass is 19.1. The minimum atomic E-state index is -1.36. The molecule has 1 heterocycles. The van der Waals surface area contributed by atoms with Crippen molar-refractivity contribution in [3.05, 3.63) is 48.0 Å². The first-order chi connectivity index (χ1) is 10.5. The van der Waals surface area contributed by atoms with Crippen LogP contribution in [0.25, 0.3) is 22.2 Å². The molecule has 0 spiro atoms. The summed E-state index contributed by atoms with van der Waals surface area (Å²) in [4.78, 5) is 10.3. The van der Waals surface area contributed by atoms with Crippen molar-refractivity contribution in [3.8, 4) is 17.0 Å². The average molecular weight is 304 g/mol. The van der Waals surface area contributed by atoms with Gasteiger partial charge in [0.25, 0.3) is 0 Å². The third-order valence-corrected chi connectivity index (χ3v) is 2.98. The van der Waals surface area contributed by atoms with Gasteiger partial charge in [-0.1, -0.05) is 5.16 Å². The molecule has 22 heavy (non-hydrogen) atoms. The van der Waals surface area contributed by atoms with Gasteiger partial charge in [0, 0.05) is 11.6 Å². The molecule has 0 saturated heterocycles. The maximum Gasteiger partial charge on any atom is 0.171 e. The summed E-state index contributed by atoms with van der Waals surface area (Å²) in [6.07, 6.45) is 0. The summed E-state index contributed by atoms with van der Waals surface area (Å²) in [6.45, 7) is -0.606. The highest BCUT2D eigenvalue weighted by Crippen LogP contribution is 2.32. The van der Waals surface area contributed by atoms with Crippen molar-refractivity contribution in [1.29, 1.82) is 0 Å². The van der Waals surface area contributed by atoms with Crippen LogP contribution in [0.4, 0.5) is 8.78 Å². The third kappa shape index (κ3) is 2.60. The van der Waals surface area contributed by atoms with Gasteiger partial charge in [0.2, 0.25) is 0 Å². The van der Waals surface area contributed by atoms with E-state index in [-0.39, 0.29) is 22.6 Å². The number of hydrogen-bond acceptors (Lipinski definition) is 5. The lowest BCUT2D eigenvalue weighted by atomic mass is 10.1. The highest BCUT2D eigenvalue weighted by molar-refractivity contribution is 5.92. The number of rotatable bonds is 4. The van der Waals surface area contributed by atoms with E-state index < -0.39 is 24.2 Å². The lowest BCUT2D eigenvalue weighted by molar-refractivity contribution is -0.307. The predicted molar refractivity (Wildman–Crippen MR) is 69.9 cm³/mol. The summed E-state index contributed by atoms with van der Waals surface area (Å²) in [6, 6.07) is 7.44. The summed E-state index contributed by atoms with van der Waals surface area (Å²) in [5, 5.41) is 14.5. The Balaban J connectivity index is 2.02. The Morgan fingerprint density at radius 2 is 2.05 bits per heavy atom. The first-order valence-electron chi connectivity index (χ1n) is 6.22. The van der Waals surface area contributed by atoms with E-state index in [0.29, 0.717) is 5.39 Å². The SMILES string of the molecule is O=C([O-])COc1ccc2c(-c3cc(F)ccc3F)noc2c1. The first-order valence-corrected chi connectivity index (χ1v) is 6.22. The molecule has 0 aliphatic rings. The normalized spacial score (nSPS) is 10.8. The Labute approximate surface area is 122 Å². The van der Waals surface area contributed by atoms with E-state index in [2.05, 4.69) is 5.16 Å². The first kappa shape index (κ1) is 14.0. The molecule has 3 aromatic rings. The minimum absolute atomic E-state index is 0.0258. The van der Waals surface area contributed by atoms with Crippen molar-refractivity contribution >= 4 is 16.9 Å². The number of benzene rings is 2. The summed E-state index contributed by atoms with van der Waals surface area (Å²) in [5.74, 6) is -2.35. The second kappa shape index (κ2) is 5.44. The number of fused-ring (bicyclic) bond motifs is 1. The quantitative estimate of drug-likeness (QED) is 0.736.